The highest BCUT2D eigenvalue weighted by molar-refractivity contribution is 7.15. The van der Waals surface area contributed by atoms with Gasteiger partial charge in [-0.05, 0) is 42.3 Å². The summed E-state index contributed by atoms with van der Waals surface area (Å²) in [5, 5.41) is 3.44. The first-order valence-corrected chi connectivity index (χ1v) is 11.2. The van der Waals surface area contributed by atoms with Crippen LogP contribution in [-0.2, 0) is 13.0 Å². The van der Waals surface area contributed by atoms with Crippen molar-refractivity contribution in [3.8, 4) is 5.75 Å². The minimum Gasteiger partial charge on any atom is -0.493 e. The molecule has 0 fully saturated rings. The monoisotopic (exact) mass is 435 g/mol. The van der Waals surface area contributed by atoms with Gasteiger partial charge < -0.3 is 9.64 Å². The Kier molecular flexibility index (Phi) is 6.32. The number of nitrogens with one attached hydrogen (secondary N) is 1. The molecule has 0 radical (unpaired) electrons. The molecule has 2 heterocycles. The summed E-state index contributed by atoms with van der Waals surface area (Å²) < 4.78 is 5.66. The highest BCUT2D eigenvalue weighted by Gasteiger charge is 2.25. The van der Waals surface area contributed by atoms with Crippen molar-refractivity contribution >= 4 is 28.3 Å². The van der Waals surface area contributed by atoms with Crippen LogP contribution in [0.5, 0.6) is 5.75 Å². The third kappa shape index (κ3) is 5.11. The summed E-state index contributed by atoms with van der Waals surface area (Å²) in [5.41, 5.74) is 2.19. The summed E-state index contributed by atoms with van der Waals surface area (Å²) in [4.78, 5) is 32.8. The predicted octanol–water partition coefficient (Wildman–Crippen LogP) is 4.63. The van der Waals surface area contributed by atoms with Gasteiger partial charge in [0.15, 0.2) is 5.13 Å². The van der Waals surface area contributed by atoms with E-state index in [0.717, 1.165) is 16.3 Å². The lowest BCUT2D eigenvalue weighted by Crippen LogP contribution is -2.35. The van der Waals surface area contributed by atoms with Crippen molar-refractivity contribution in [2.24, 2.45) is 5.92 Å². The van der Waals surface area contributed by atoms with E-state index in [0.29, 0.717) is 48.3 Å². The fourth-order valence-corrected chi connectivity index (χ4v) is 4.34. The molecule has 1 aromatic heterocycles. The van der Waals surface area contributed by atoms with E-state index < -0.39 is 0 Å². The minimum atomic E-state index is -0.210. The lowest BCUT2D eigenvalue weighted by Gasteiger charge is -2.26. The Morgan fingerprint density at radius 1 is 1.10 bits per heavy atom. The van der Waals surface area contributed by atoms with Gasteiger partial charge in [-0.2, -0.15) is 0 Å². The van der Waals surface area contributed by atoms with Crippen LogP contribution in [0.4, 0.5) is 5.13 Å². The maximum absolute atomic E-state index is 12.7. The molecule has 0 saturated heterocycles. The van der Waals surface area contributed by atoms with Crippen molar-refractivity contribution in [3.63, 3.8) is 0 Å². The Morgan fingerprint density at radius 2 is 1.84 bits per heavy atom. The summed E-state index contributed by atoms with van der Waals surface area (Å²) in [5.74, 6) is 1.000. The Hall–Kier alpha value is -3.19. The topological polar surface area (TPSA) is 71.5 Å². The first-order chi connectivity index (χ1) is 15.0. The van der Waals surface area contributed by atoms with Crippen molar-refractivity contribution in [1.29, 1.82) is 0 Å². The van der Waals surface area contributed by atoms with Crippen LogP contribution in [0.1, 0.15) is 45.1 Å². The van der Waals surface area contributed by atoms with Gasteiger partial charge in [0.05, 0.1) is 18.8 Å². The van der Waals surface area contributed by atoms with Gasteiger partial charge in [0.25, 0.3) is 11.8 Å². The number of anilines is 1. The molecule has 31 heavy (non-hydrogen) atoms. The minimum absolute atomic E-state index is 0.0185. The Labute approximate surface area is 185 Å². The van der Waals surface area contributed by atoms with E-state index in [1.165, 1.54) is 11.3 Å². The van der Waals surface area contributed by atoms with E-state index >= 15 is 0 Å². The van der Waals surface area contributed by atoms with E-state index in [2.05, 4.69) is 24.1 Å². The van der Waals surface area contributed by atoms with E-state index in [9.17, 15) is 9.59 Å². The first-order valence-electron chi connectivity index (χ1n) is 10.4. The lowest BCUT2D eigenvalue weighted by molar-refractivity contribution is 0.0736. The molecular weight excluding hydrogens is 410 g/mol. The molecule has 0 saturated carbocycles. The average Bonchev–Trinajstić information content (AvgIpc) is 3.19. The van der Waals surface area contributed by atoms with E-state index in [-0.39, 0.29) is 11.8 Å². The molecule has 7 heteroatoms. The van der Waals surface area contributed by atoms with Crippen LogP contribution in [0, 0.1) is 5.92 Å². The van der Waals surface area contributed by atoms with E-state index in [1.54, 1.807) is 24.3 Å². The standard InChI is InChI=1S/C24H25N3O3S/c1-16(2)15-30-19-10-8-17(9-11-19)22(28)26-24-25-20-12-13-27(14-21(20)31-24)23(29)18-6-4-3-5-7-18/h3-11,16H,12-15H2,1-2H3,(H,25,26,28). The molecule has 0 atom stereocenters. The van der Waals surface area contributed by atoms with Gasteiger partial charge in [0, 0.05) is 29.0 Å². The first kappa shape index (κ1) is 21.1. The normalized spacial score (nSPS) is 13.1. The van der Waals surface area contributed by atoms with Crippen LogP contribution < -0.4 is 10.1 Å². The number of ether oxygens (including phenoxy) is 1. The summed E-state index contributed by atoms with van der Waals surface area (Å²) in [6, 6.07) is 16.4. The van der Waals surface area contributed by atoms with Crippen LogP contribution in [-0.4, -0.2) is 34.8 Å². The fraction of sp³-hybridized carbons (Fsp3) is 0.292. The zero-order valence-corrected chi connectivity index (χ0v) is 18.4. The predicted molar refractivity (Wildman–Crippen MR) is 122 cm³/mol. The Bertz CT molecular complexity index is 1060. The quantitative estimate of drug-likeness (QED) is 0.613. The zero-order chi connectivity index (χ0) is 21.8. The molecule has 3 aromatic rings. The number of fused-ring (bicyclic) bond motifs is 1. The molecule has 0 aliphatic carbocycles. The van der Waals surface area contributed by atoms with E-state index in [1.807, 2.05) is 35.2 Å². The van der Waals surface area contributed by atoms with Gasteiger partial charge in [-0.15, -0.1) is 0 Å². The van der Waals surface area contributed by atoms with Crippen molar-refractivity contribution in [2.75, 3.05) is 18.5 Å². The Balaban J connectivity index is 1.39. The molecular formula is C24H25N3O3S. The molecule has 2 aromatic carbocycles. The number of hydrogen-bond acceptors (Lipinski definition) is 5. The molecule has 6 nitrogen and oxygen atoms in total. The zero-order valence-electron chi connectivity index (χ0n) is 17.6. The summed E-state index contributed by atoms with van der Waals surface area (Å²) in [7, 11) is 0. The van der Waals surface area contributed by atoms with Crippen molar-refractivity contribution in [2.45, 2.75) is 26.8 Å². The SMILES string of the molecule is CC(C)COc1ccc(C(=O)Nc2nc3c(s2)CN(C(=O)c2ccccc2)CC3)cc1. The van der Waals surface area contributed by atoms with Crippen LogP contribution in [0.3, 0.4) is 0 Å². The average molecular weight is 436 g/mol. The van der Waals surface area contributed by atoms with Gasteiger partial charge >= 0.3 is 0 Å². The lowest BCUT2D eigenvalue weighted by atomic mass is 10.1. The maximum atomic E-state index is 12.7. The second-order valence-electron chi connectivity index (χ2n) is 7.91. The number of thiazole rings is 1. The largest absolute Gasteiger partial charge is 0.493 e. The molecule has 0 bridgehead atoms. The number of carbonyl (C=O) groups excluding carboxylic acids is 2. The smallest absolute Gasteiger partial charge is 0.257 e. The van der Waals surface area contributed by atoms with Crippen molar-refractivity contribution in [3.05, 3.63) is 76.3 Å². The number of rotatable bonds is 6. The van der Waals surface area contributed by atoms with Gasteiger partial charge in [-0.25, -0.2) is 4.98 Å². The van der Waals surface area contributed by atoms with Gasteiger partial charge in [-0.1, -0.05) is 43.4 Å². The van der Waals surface area contributed by atoms with Crippen LogP contribution in [0.25, 0.3) is 0 Å². The second-order valence-corrected chi connectivity index (χ2v) is 9.00. The van der Waals surface area contributed by atoms with Crippen LogP contribution in [0.2, 0.25) is 0 Å². The molecule has 2 amide bonds. The molecule has 1 N–H and O–H groups in total. The molecule has 4 rings (SSSR count). The van der Waals surface area contributed by atoms with Gasteiger partial charge in [-0.3, -0.25) is 14.9 Å². The number of amides is 2. The molecule has 0 spiro atoms. The van der Waals surface area contributed by atoms with E-state index in [4.69, 9.17) is 4.74 Å². The number of benzene rings is 2. The fourth-order valence-electron chi connectivity index (χ4n) is 3.32. The third-order valence-corrected chi connectivity index (χ3v) is 5.96. The maximum Gasteiger partial charge on any atom is 0.257 e. The van der Waals surface area contributed by atoms with Crippen molar-refractivity contribution < 1.29 is 14.3 Å². The number of nitrogens with zero attached hydrogens (tertiary/aromatic N) is 2. The molecule has 160 valence electrons. The number of hydrogen-bond donors (Lipinski definition) is 1. The summed E-state index contributed by atoms with van der Waals surface area (Å²) in [6.07, 6.45) is 0.683. The second kappa shape index (κ2) is 9.31. The molecule has 1 aliphatic rings. The number of aromatic nitrogens is 1. The highest BCUT2D eigenvalue weighted by Crippen LogP contribution is 2.29. The molecule has 0 unspecified atom stereocenters. The van der Waals surface area contributed by atoms with Gasteiger partial charge in [0.1, 0.15) is 5.75 Å². The number of carbonyl (C=O) groups is 2. The highest BCUT2D eigenvalue weighted by atomic mass is 32.1. The Morgan fingerprint density at radius 3 is 2.55 bits per heavy atom. The van der Waals surface area contributed by atoms with Crippen LogP contribution in [0.15, 0.2) is 54.6 Å². The van der Waals surface area contributed by atoms with Crippen LogP contribution >= 0.6 is 11.3 Å². The third-order valence-electron chi connectivity index (χ3n) is 4.96. The summed E-state index contributed by atoms with van der Waals surface area (Å²) >= 11 is 1.43. The molecule has 1 aliphatic heterocycles. The summed E-state index contributed by atoms with van der Waals surface area (Å²) in [6.45, 7) is 5.95. The van der Waals surface area contributed by atoms with Crippen molar-refractivity contribution in [1.82, 2.24) is 9.88 Å². The van der Waals surface area contributed by atoms with Gasteiger partial charge in [0.2, 0.25) is 0 Å².